The molecular weight excluding hydrogens is 2050 g/mol. The van der Waals surface area contributed by atoms with E-state index in [2.05, 4.69) is 31.9 Å². The second-order valence-corrected chi connectivity index (χ2v) is 38.1. The van der Waals surface area contributed by atoms with Crippen LogP contribution in [-0.2, 0) is 138 Å². The smallest absolute Gasteiger partial charge is 0.217 e. The largest absolute Gasteiger partial charge is 0.394 e. The van der Waals surface area contributed by atoms with Crippen molar-refractivity contribution in [3.05, 3.63) is 0 Å². The van der Waals surface area contributed by atoms with Crippen molar-refractivity contribution in [2.75, 3.05) is 72.7 Å². The lowest BCUT2D eigenvalue weighted by Gasteiger charge is -2.53. The van der Waals surface area contributed by atoms with Crippen molar-refractivity contribution in [3.63, 3.8) is 0 Å². The van der Waals surface area contributed by atoms with Crippen LogP contribution in [0.3, 0.4) is 0 Å². The highest BCUT2D eigenvalue weighted by atomic mass is 16.8. The number of carbonyl (C=O) groups is 6. The van der Waals surface area contributed by atoms with Gasteiger partial charge in [0.25, 0.3) is 0 Å². The first-order valence-electron chi connectivity index (χ1n) is 48.0. The van der Waals surface area contributed by atoms with Gasteiger partial charge in [-0.15, -0.1) is 0 Å². The Labute approximate surface area is 849 Å². The van der Waals surface area contributed by atoms with Crippen LogP contribution in [0.4, 0.5) is 0 Å². The normalized spacial score (nSPS) is 48.8. The van der Waals surface area contributed by atoms with E-state index < -0.39 is 476 Å². The summed E-state index contributed by atoms with van der Waals surface area (Å²) in [6, 6.07) is -12.4. The number of carbonyl (C=O) groups excluding carboxylic acids is 6. The Morgan fingerprint density at radius 2 is 0.413 bits per heavy atom. The van der Waals surface area contributed by atoms with Crippen LogP contribution in [0.5, 0.6) is 0 Å². The van der Waals surface area contributed by atoms with Gasteiger partial charge >= 0.3 is 0 Å². The lowest BCUT2D eigenvalue weighted by atomic mass is 9.93. The molecule has 37 N–H and O–H groups in total. The van der Waals surface area contributed by atoms with Crippen molar-refractivity contribution >= 4 is 35.4 Å². The first-order chi connectivity index (χ1) is 70.9. The van der Waals surface area contributed by atoms with Gasteiger partial charge in [-0.25, -0.2) is 0 Å². The standard InChI is InChI=1S/C84H140N6O60/c1-19-43(106)55(118)59(122)79(130-19)128-17-35-68(51(114)37(73(127)131-35)85-20(2)100)143-76-40(88-23(5)103)52(115)66(33(15-98)137-76)146-82-63(126)70(148-84-72(62(125)67(34(16-99)140-84)142-74-38(86-21(3)101)49(112)44(107)26(8-91)132-74)150-78-42(90-25(7)105)54(117)65(32(14-97)139-78)145-81-61(124)57(120)47(110)29(11-94)135-81)69(147-75-39(87-22(4)102)50(113)45(108)27(9-92)133-75)36(141-82)18-129-83-71(58(121)48(111)30(12-95)136-83)149-77-41(89-24(6)104)53(116)64(31(13-96)138-77)144-80-60(123)56(119)46(109)28(10-93)134-80/h19,26-84,91-99,106-127H,8-18H2,1-7H3,(H,85,100)(H,86,101)(H,87,102)(H,88,103)(H,89,104)(H,90,105)/t19-,26+,27+,28+,29+,30+,31+,32+,33+,34+,35+,36+,37+,38+,39+,40+,41+,42+,43+,44+,45+,46-,47-,48+,49+,50+,51+,52+,53+,54+,55+,56-,57-,58-,59-,60+,61+,62-,63-,64+,65+,66+,67+,68+,69+,70+,71-,72-,73+,74-,75-,76-,77-,78-,79+,80-,81-,82-,83-,84+/m0/s1. The molecule has 6 amide bonds. The van der Waals surface area contributed by atoms with E-state index in [9.17, 15) is 187 Å². The SMILES string of the molecule is CC(=O)N[C@@H]1[C@@H](O)[C@H](O[C@@H]2O[C@H](CO)[C@@H](O[C@@H]3O[C@H](CO[C@H]4O[C@H](CO)[C@@H](O)[C@H](O)[C@@H]4O[C@@H]4O[C@H](CO)[C@@H](O[C@@H]5O[C@H](CO)[C@H](O)[C@H](O)[C@H]5O)[C@H](O)[C@H]4NC(C)=O)[C@@H](O[C@@H]4O[C@H](CO)[C@@H](O)[C@H](O)[C@H]4NC(C)=O)[C@H](O[C@H]4O[C@H](CO)[C@@H](O[C@@H]5O[C@H](CO)[C@@H](O)[C@H](O)[C@H]5NC(C)=O)[C@H](O)[C@@H]4O[C@@H]4O[C@H](CO)[C@@H](O[C@@H]5O[C@H](CO)[C@H](O)[C@H](O)[C@H]5O)[C@H](O)[C@H]4NC(C)=O)[C@@H]3O)[C@H](O)[C@H]2NC(C)=O)[C@@H](CO[C@@H]2O[C@@H](C)[C@@H](O)[C@@H](O)[C@@H]2O)O[C@H]1O. The minimum absolute atomic E-state index is 0.847. The molecule has 150 heavy (non-hydrogen) atoms. The molecule has 0 aromatic rings. The van der Waals surface area contributed by atoms with Gasteiger partial charge in [0.2, 0.25) is 35.4 Å². The van der Waals surface area contributed by atoms with Gasteiger partial charge in [0.15, 0.2) is 75.5 Å². The Morgan fingerprint density at radius 3 is 0.773 bits per heavy atom. The van der Waals surface area contributed by atoms with Gasteiger partial charge in [0.05, 0.1) is 78.8 Å². The number of hydrogen-bond acceptors (Lipinski definition) is 60. The zero-order valence-electron chi connectivity index (χ0n) is 81.1. The Morgan fingerprint density at radius 1 is 0.187 bits per heavy atom. The third kappa shape index (κ3) is 27.5. The van der Waals surface area contributed by atoms with Crippen molar-refractivity contribution < 1.29 is 296 Å². The van der Waals surface area contributed by atoms with Crippen molar-refractivity contribution in [1.29, 1.82) is 0 Å². The molecule has 0 spiro atoms. The van der Waals surface area contributed by atoms with E-state index in [-0.39, 0.29) is 0 Å². The Hall–Kier alpha value is -5.34. The lowest BCUT2D eigenvalue weighted by molar-refractivity contribution is -0.413. The van der Waals surface area contributed by atoms with E-state index in [1.165, 1.54) is 6.92 Å². The van der Waals surface area contributed by atoms with Gasteiger partial charge in [-0.05, 0) is 6.92 Å². The number of nitrogens with one attached hydrogen (secondary N) is 6. The Kier molecular flexibility index (Phi) is 44.4. The molecule has 12 fully saturated rings. The predicted molar refractivity (Wildman–Crippen MR) is 463 cm³/mol. The average molecular weight is 2190 g/mol. The van der Waals surface area contributed by atoms with Crippen molar-refractivity contribution in [2.24, 2.45) is 0 Å². The van der Waals surface area contributed by atoms with Crippen LogP contribution in [0, 0.1) is 0 Å². The van der Waals surface area contributed by atoms with E-state index >= 15 is 0 Å². The Bertz CT molecular complexity index is 4250. The fourth-order valence-electron chi connectivity index (χ4n) is 19.6. The maximum atomic E-state index is 13.8. The van der Waals surface area contributed by atoms with Crippen LogP contribution in [0.15, 0.2) is 0 Å². The molecule has 60 atom stereocenters. The molecule has 0 radical (unpaired) electrons. The molecule has 12 saturated heterocycles. The van der Waals surface area contributed by atoms with Gasteiger partial charge in [0, 0.05) is 41.5 Å². The van der Waals surface area contributed by atoms with Crippen LogP contribution in [0.2, 0.25) is 0 Å². The predicted octanol–water partition coefficient (Wildman–Crippen LogP) is -25.3. The molecule has 0 aromatic heterocycles. The van der Waals surface area contributed by atoms with E-state index in [1.54, 1.807) is 0 Å². The van der Waals surface area contributed by atoms with Crippen LogP contribution in [-0.4, -0.2) is 635 Å². The third-order valence-electron chi connectivity index (χ3n) is 27.4. The molecule has 66 nitrogen and oxygen atoms in total. The molecule has 66 heteroatoms. The second-order valence-electron chi connectivity index (χ2n) is 38.1. The van der Waals surface area contributed by atoms with Gasteiger partial charge < -0.3 is 299 Å². The first kappa shape index (κ1) is 123. The van der Waals surface area contributed by atoms with Crippen molar-refractivity contribution in [2.45, 2.75) is 417 Å². The molecule has 12 aliphatic rings. The molecule has 0 unspecified atom stereocenters. The van der Waals surface area contributed by atoms with Gasteiger partial charge in [0.1, 0.15) is 287 Å². The van der Waals surface area contributed by atoms with E-state index in [1.807, 2.05) is 0 Å². The molecule has 0 aliphatic carbocycles. The monoisotopic (exact) mass is 2190 g/mol. The van der Waals surface area contributed by atoms with Gasteiger partial charge in [-0.1, -0.05) is 0 Å². The van der Waals surface area contributed by atoms with Crippen LogP contribution in [0.25, 0.3) is 0 Å². The number of aliphatic hydroxyl groups excluding tert-OH is 31. The summed E-state index contributed by atoms with van der Waals surface area (Å²) in [5.41, 5.74) is 0. The molecular formula is C84H140N6O60. The number of aliphatic hydroxyl groups is 31. The highest BCUT2D eigenvalue weighted by molar-refractivity contribution is 5.75. The van der Waals surface area contributed by atoms with E-state index in [4.69, 9.17) is 109 Å². The second kappa shape index (κ2) is 54.0. The summed E-state index contributed by atoms with van der Waals surface area (Å²) in [6.45, 7) is -6.99. The summed E-state index contributed by atoms with van der Waals surface area (Å²) in [6.07, 6.45) is -120. The minimum atomic E-state index is -2.95. The van der Waals surface area contributed by atoms with Crippen LogP contribution >= 0.6 is 0 Å². The molecule has 12 rings (SSSR count). The summed E-state index contributed by atoms with van der Waals surface area (Å²) in [5, 5.41) is 369. The zero-order chi connectivity index (χ0) is 110. The minimum Gasteiger partial charge on any atom is -0.394 e. The topological polar surface area (TPSA) is 1010 Å². The van der Waals surface area contributed by atoms with E-state index in [0.717, 1.165) is 41.5 Å². The summed E-state index contributed by atoms with van der Waals surface area (Å²) in [7, 11) is 0. The summed E-state index contributed by atoms with van der Waals surface area (Å²) in [4.78, 5) is 79.7. The molecule has 0 aromatic carbocycles. The third-order valence-corrected chi connectivity index (χ3v) is 27.4. The fourth-order valence-corrected chi connectivity index (χ4v) is 19.6. The van der Waals surface area contributed by atoms with Crippen molar-refractivity contribution in [3.8, 4) is 0 Å². The number of hydrogen-bond donors (Lipinski definition) is 37. The molecule has 0 saturated carbocycles. The van der Waals surface area contributed by atoms with Crippen LogP contribution in [0.1, 0.15) is 48.5 Å². The molecule has 866 valence electrons. The zero-order valence-corrected chi connectivity index (χ0v) is 81.1. The van der Waals surface area contributed by atoms with E-state index in [0.29, 0.717) is 0 Å². The molecule has 12 heterocycles. The molecule has 12 aliphatic heterocycles. The molecule has 0 bridgehead atoms. The first-order valence-corrected chi connectivity index (χ1v) is 48.0. The van der Waals surface area contributed by atoms with Gasteiger partial charge in [-0.2, -0.15) is 0 Å². The number of amides is 6. The average Bonchev–Trinajstić information content (AvgIpc) is 0.750. The number of rotatable bonds is 39. The summed E-state index contributed by atoms with van der Waals surface area (Å²) < 4.78 is 142. The fraction of sp³-hybridized carbons (Fsp3) is 0.929. The number of ether oxygens (including phenoxy) is 23. The lowest BCUT2D eigenvalue weighted by Crippen LogP contribution is -2.72. The van der Waals surface area contributed by atoms with Crippen molar-refractivity contribution in [1.82, 2.24) is 31.9 Å². The summed E-state index contributed by atoms with van der Waals surface area (Å²) in [5.74, 6) is -6.19. The quantitative estimate of drug-likeness (QED) is 0.0272. The highest BCUT2D eigenvalue weighted by Gasteiger charge is 2.65. The summed E-state index contributed by atoms with van der Waals surface area (Å²) >= 11 is 0. The van der Waals surface area contributed by atoms with Crippen LogP contribution < -0.4 is 31.9 Å². The highest BCUT2D eigenvalue weighted by Crippen LogP contribution is 2.44. The Balaban J connectivity index is 1.00. The maximum Gasteiger partial charge on any atom is 0.217 e. The van der Waals surface area contributed by atoms with Gasteiger partial charge in [-0.3, -0.25) is 28.8 Å². The maximum absolute atomic E-state index is 13.8.